The summed E-state index contributed by atoms with van der Waals surface area (Å²) in [5.74, 6) is -2.68. The minimum absolute atomic E-state index is 0.0138. The number of para-hydroxylation sites is 1. The molecule has 1 saturated heterocycles. The van der Waals surface area contributed by atoms with Crippen LogP contribution in [-0.4, -0.2) is 97.6 Å². The second-order valence-electron chi connectivity index (χ2n) is 14.0. The zero-order chi connectivity index (χ0) is 41.6. The molecule has 1 aliphatic rings. The number of nitrogens with zero attached hydrogens (tertiary/aromatic N) is 7. The van der Waals surface area contributed by atoms with E-state index in [-0.39, 0.29) is 36.1 Å². The largest absolute Gasteiger partial charge is 0.481 e. The van der Waals surface area contributed by atoms with E-state index in [9.17, 15) is 24.3 Å². The van der Waals surface area contributed by atoms with Crippen LogP contribution in [0.3, 0.4) is 0 Å². The first-order chi connectivity index (χ1) is 27.9. The number of nitrogen functional groups attached to an aromatic ring is 2. The Labute approximate surface area is 336 Å². The van der Waals surface area contributed by atoms with Gasteiger partial charge in [0.25, 0.3) is 5.91 Å². The average Bonchev–Trinajstić information content (AvgIpc) is 3.23. The topological polar surface area (TPSA) is 234 Å². The van der Waals surface area contributed by atoms with E-state index in [2.05, 4.69) is 72.6 Å². The minimum Gasteiger partial charge on any atom is -0.481 e. The first-order valence-corrected chi connectivity index (χ1v) is 19.2. The maximum absolute atomic E-state index is 12.5. The molecule has 0 spiro atoms. The van der Waals surface area contributed by atoms with Gasteiger partial charge in [0, 0.05) is 62.5 Å². The number of likely N-dealkylation sites (tertiary alicyclic amines) is 1. The fourth-order valence-electron chi connectivity index (χ4n) is 6.68. The van der Waals surface area contributed by atoms with Crippen LogP contribution in [0.5, 0.6) is 0 Å². The lowest BCUT2D eigenvalue weighted by atomic mass is 10.0. The third-order valence-corrected chi connectivity index (χ3v) is 9.81. The van der Waals surface area contributed by atoms with Crippen LogP contribution < -0.4 is 26.6 Å². The second kappa shape index (κ2) is 20.5. The predicted octanol–water partition coefficient (Wildman–Crippen LogP) is 4.41. The number of benzene rings is 3. The zero-order valence-corrected chi connectivity index (χ0v) is 32.7. The number of aliphatic carboxylic acids is 2. The van der Waals surface area contributed by atoms with Crippen LogP contribution in [0.25, 0.3) is 11.2 Å². The lowest BCUT2D eigenvalue weighted by Crippen LogP contribution is -2.47. The molecule has 58 heavy (non-hydrogen) atoms. The Morgan fingerprint density at radius 1 is 0.879 bits per heavy atom. The second-order valence-corrected chi connectivity index (χ2v) is 14.0. The van der Waals surface area contributed by atoms with Gasteiger partial charge >= 0.3 is 11.9 Å². The van der Waals surface area contributed by atoms with Crippen molar-refractivity contribution < 1.29 is 29.4 Å². The van der Waals surface area contributed by atoms with Crippen LogP contribution in [0.1, 0.15) is 60.6 Å². The molecule has 0 aliphatic carbocycles. The third-order valence-electron chi connectivity index (χ3n) is 9.81. The van der Waals surface area contributed by atoms with Gasteiger partial charge in [0.05, 0.1) is 18.4 Å². The molecule has 0 unspecified atom stereocenters. The number of hydrogen-bond donors (Lipinski definition) is 5. The number of nitrogens with one attached hydrogen (secondary N) is 1. The number of amides is 2. The van der Waals surface area contributed by atoms with Crippen molar-refractivity contribution >= 4 is 58.1 Å². The SMILES string of the molecule is CCC(=O)N(c1ccccc1)C1CCN(CCc2ccccc2)CC1.CN(Cc1cnc2nc(N)nc(N)c2n1)c1ccc(C(=O)N[C@@H](CCC(=O)O)C(=O)O)cc1. The van der Waals surface area contributed by atoms with Crippen LogP contribution in [0, 0.1) is 0 Å². The summed E-state index contributed by atoms with van der Waals surface area (Å²) >= 11 is 0. The van der Waals surface area contributed by atoms with E-state index >= 15 is 0 Å². The highest BCUT2D eigenvalue weighted by molar-refractivity contribution is 5.97. The summed E-state index contributed by atoms with van der Waals surface area (Å²) in [4.78, 5) is 69.8. The Kier molecular flexibility index (Phi) is 15.0. The van der Waals surface area contributed by atoms with E-state index in [1.807, 2.05) is 42.0 Å². The minimum atomic E-state index is -1.30. The summed E-state index contributed by atoms with van der Waals surface area (Å²) in [5.41, 5.74) is 16.1. The molecule has 2 amide bonds. The number of nitrogens with two attached hydrogens (primary N) is 2. The van der Waals surface area contributed by atoms with Gasteiger partial charge in [-0.05, 0) is 67.6 Å². The van der Waals surface area contributed by atoms with E-state index in [4.69, 9.17) is 16.6 Å². The molecule has 3 aromatic carbocycles. The van der Waals surface area contributed by atoms with Crippen LogP contribution >= 0.6 is 0 Å². The van der Waals surface area contributed by atoms with Crippen LogP contribution in [0.2, 0.25) is 0 Å². The number of carbonyl (C=O) groups excluding carboxylic acids is 2. The summed E-state index contributed by atoms with van der Waals surface area (Å²) in [6.45, 7) is 5.56. The number of fused-ring (bicyclic) bond motifs is 1. The van der Waals surface area contributed by atoms with Crippen LogP contribution in [-0.2, 0) is 27.3 Å². The van der Waals surface area contributed by atoms with E-state index in [1.54, 1.807) is 18.3 Å². The van der Waals surface area contributed by atoms with Crippen molar-refractivity contribution in [2.24, 2.45) is 0 Å². The van der Waals surface area contributed by atoms with Gasteiger partial charge in [-0.15, -0.1) is 0 Å². The molecule has 304 valence electrons. The smallest absolute Gasteiger partial charge is 0.326 e. The molecule has 0 saturated carbocycles. The van der Waals surface area contributed by atoms with Gasteiger partial charge in [-0.25, -0.2) is 14.8 Å². The summed E-state index contributed by atoms with van der Waals surface area (Å²) in [5, 5.41) is 20.2. The normalized spacial score (nSPS) is 13.5. The Balaban J connectivity index is 0.000000229. The molecule has 0 radical (unpaired) electrons. The molecule has 1 fully saturated rings. The summed E-state index contributed by atoms with van der Waals surface area (Å²) in [6.07, 6.45) is 4.72. The Morgan fingerprint density at radius 2 is 1.53 bits per heavy atom. The first kappa shape index (κ1) is 42.5. The van der Waals surface area contributed by atoms with Gasteiger partial charge in [-0.3, -0.25) is 14.4 Å². The van der Waals surface area contributed by atoms with Gasteiger partial charge < -0.3 is 41.7 Å². The fraction of sp³-hybridized carbons (Fsp3) is 0.333. The highest BCUT2D eigenvalue weighted by Crippen LogP contribution is 2.25. The molecule has 2 aromatic heterocycles. The average molecular weight is 791 g/mol. The molecule has 6 rings (SSSR count). The van der Waals surface area contributed by atoms with Crippen molar-refractivity contribution in [1.82, 2.24) is 30.2 Å². The zero-order valence-electron chi connectivity index (χ0n) is 32.7. The molecular formula is C42H50N10O6. The maximum atomic E-state index is 12.5. The number of anilines is 4. The lowest BCUT2D eigenvalue weighted by molar-refractivity contribution is -0.140. The number of rotatable bonds is 15. The highest BCUT2D eigenvalue weighted by Gasteiger charge is 2.28. The van der Waals surface area contributed by atoms with E-state index < -0.39 is 23.9 Å². The summed E-state index contributed by atoms with van der Waals surface area (Å²) < 4.78 is 0. The Hall–Kier alpha value is -6.68. The quantitative estimate of drug-likeness (QED) is 0.0989. The van der Waals surface area contributed by atoms with E-state index in [0.29, 0.717) is 35.9 Å². The van der Waals surface area contributed by atoms with Gasteiger partial charge in [-0.1, -0.05) is 55.5 Å². The number of carbonyl (C=O) groups is 4. The molecule has 1 atom stereocenters. The van der Waals surface area contributed by atoms with Crippen LogP contribution in [0.4, 0.5) is 23.1 Å². The van der Waals surface area contributed by atoms with Crippen molar-refractivity contribution in [3.05, 3.63) is 108 Å². The van der Waals surface area contributed by atoms with Crippen molar-refractivity contribution in [3.8, 4) is 0 Å². The maximum Gasteiger partial charge on any atom is 0.326 e. The van der Waals surface area contributed by atoms with Gasteiger partial charge in [0.15, 0.2) is 17.0 Å². The third kappa shape index (κ3) is 11.9. The van der Waals surface area contributed by atoms with Crippen molar-refractivity contribution in [3.63, 3.8) is 0 Å². The Morgan fingerprint density at radius 3 is 2.16 bits per heavy atom. The van der Waals surface area contributed by atoms with Gasteiger partial charge in [0.1, 0.15) is 6.04 Å². The van der Waals surface area contributed by atoms with Gasteiger partial charge in [-0.2, -0.15) is 9.97 Å². The van der Waals surface area contributed by atoms with E-state index in [1.165, 1.54) is 17.7 Å². The van der Waals surface area contributed by atoms with Crippen molar-refractivity contribution in [1.29, 1.82) is 0 Å². The van der Waals surface area contributed by atoms with Crippen molar-refractivity contribution in [2.45, 2.75) is 64.1 Å². The van der Waals surface area contributed by atoms with Gasteiger partial charge in [0.2, 0.25) is 11.9 Å². The number of carboxylic acids is 2. The number of hydrogen-bond acceptors (Lipinski definition) is 12. The highest BCUT2D eigenvalue weighted by atomic mass is 16.4. The van der Waals surface area contributed by atoms with E-state index in [0.717, 1.165) is 50.3 Å². The number of piperidine rings is 1. The van der Waals surface area contributed by atoms with Crippen LogP contribution in [0.15, 0.2) is 91.1 Å². The fourth-order valence-corrected chi connectivity index (χ4v) is 6.68. The summed E-state index contributed by atoms with van der Waals surface area (Å²) in [7, 11) is 1.82. The Bertz CT molecular complexity index is 2150. The molecular weight excluding hydrogens is 741 g/mol. The first-order valence-electron chi connectivity index (χ1n) is 19.2. The molecule has 7 N–H and O–H groups in total. The number of aromatic nitrogens is 4. The molecule has 5 aromatic rings. The summed E-state index contributed by atoms with van der Waals surface area (Å²) in [6, 6.07) is 26.3. The monoisotopic (exact) mass is 790 g/mol. The molecule has 0 bridgehead atoms. The standard InChI is InChI=1S/C22H28N2O.C20H22N8O5/c1-2-22(25)24(20-11-7-4-8-12-20)21-14-17-23(18-15-21)16-13-19-9-5-3-6-10-19;1-28(9-11-8-23-17-15(24-11)16(21)26-20(22)27-17)12-4-2-10(3-5-12)18(31)25-13(19(32)33)6-7-14(29)30/h3-12,21H,2,13-18H2,1H3;2-5,8,13H,6-7,9H2,1H3,(H,25,31)(H,29,30)(H,32,33)(H4,21,22,23,26,27)/t;13-/m.0/s1. The van der Waals surface area contributed by atoms with Crippen molar-refractivity contribution in [2.75, 3.05) is 47.9 Å². The molecule has 3 heterocycles. The molecule has 16 heteroatoms. The predicted molar refractivity (Wildman–Crippen MR) is 222 cm³/mol. The number of carboxylic acid groups (broad SMARTS) is 2. The molecule has 1 aliphatic heterocycles. The lowest BCUT2D eigenvalue weighted by Gasteiger charge is -2.38. The molecule has 16 nitrogen and oxygen atoms in total.